The highest BCUT2D eigenvalue weighted by atomic mass is 35.5. The number of carbonyl (C=O) groups excluding carboxylic acids is 4. The quantitative estimate of drug-likeness (QED) is 0.140. The molecule has 4 aromatic rings. The van der Waals surface area contributed by atoms with Crippen LogP contribution in [-0.2, 0) is 23.9 Å². The van der Waals surface area contributed by atoms with Gasteiger partial charge in [-0.05, 0) is 29.3 Å². The third-order valence-corrected chi connectivity index (χ3v) is 11.7. The molecule has 1 aromatic heterocycles. The SMILES string of the molecule is CC(=O)Nc1ncc(C2=C(C(=O)OC(c3ccccc3)c3ccccc3)N3C(=O)C(Sc4ccc(Cl)c(Cl)c4)C3SC2NC(C)=O)s1. The largest absolute Gasteiger partial charge is 0.448 e. The van der Waals surface area contributed by atoms with E-state index in [2.05, 4.69) is 15.6 Å². The molecule has 1 saturated heterocycles. The molecule has 0 spiro atoms. The van der Waals surface area contributed by atoms with Gasteiger partial charge in [-0.1, -0.05) is 95.2 Å². The smallest absolute Gasteiger partial charge is 0.356 e. The van der Waals surface area contributed by atoms with Crippen LogP contribution in [0.15, 0.2) is 95.7 Å². The van der Waals surface area contributed by atoms with Crippen LogP contribution in [0.4, 0.5) is 5.13 Å². The first-order valence-electron chi connectivity index (χ1n) is 14.3. The van der Waals surface area contributed by atoms with Crippen molar-refractivity contribution < 1.29 is 23.9 Å². The third kappa shape index (κ3) is 7.07. The molecule has 2 N–H and O–H groups in total. The summed E-state index contributed by atoms with van der Waals surface area (Å²) in [6.07, 6.45) is 0.715. The molecule has 9 nitrogen and oxygen atoms in total. The Morgan fingerprint density at radius 3 is 2.19 bits per heavy atom. The van der Waals surface area contributed by atoms with Crippen molar-refractivity contribution in [3.05, 3.63) is 117 Å². The first kappa shape index (κ1) is 33.1. The lowest BCUT2D eigenvalue weighted by Gasteiger charge is -2.51. The molecule has 0 radical (unpaired) electrons. The molecule has 6 rings (SSSR count). The highest BCUT2D eigenvalue weighted by Crippen LogP contribution is 2.52. The molecule has 0 aliphatic carbocycles. The lowest BCUT2D eigenvalue weighted by atomic mass is 10.0. The van der Waals surface area contributed by atoms with Crippen LogP contribution < -0.4 is 10.6 Å². The van der Waals surface area contributed by atoms with E-state index in [1.165, 1.54) is 48.5 Å². The van der Waals surface area contributed by atoms with Crippen LogP contribution in [0.25, 0.3) is 5.57 Å². The van der Waals surface area contributed by atoms with Gasteiger partial charge in [0.1, 0.15) is 21.7 Å². The number of halogens is 2. The number of thiazole rings is 1. The van der Waals surface area contributed by atoms with E-state index in [9.17, 15) is 19.2 Å². The van der Waals surface area contributed by atoms with E-state index < -0.39 is 28.1 Å². The van der Waals surface area contributed by atoms with E-state index in [1.54, 1.807) is 18.2 Å². The Morgan fingerprint density at radius 1 is 0.936 bits per heavy atom. The highest BCUT2D eigenvalue weighted by molar-refractivity contribution is 8.05. The van der Waals surface area contributed by atoms with Gasteiger partial charge < -0.3 is 15.4 Å². The van der Waals surface area contributed by atoms with Crippen molar-refractivity contribution in [1.29, 1.82) is 0 Å². The monoisotopic (exact) mass is 724 g/mol. The highest BCUT2D eigenvalue weighted by Gasteiger charge is 2.57. The van der Waals surface area contributed by atoms with Crippen LogP contribution in [0.1, 0.15) is 36.0 Å². The van der Waals surface area contributed by atoms with Gasteiger partial charge >= 0.3 is 5.97 Å². The fraction of sp³-hybridized carbons (Fsp3) is 0.182. The molecular weight excluding hydrogens is 699 g/mol. The van der Waals surface area contributed by atoms with Crippen LogP contribution in [-0.4, -0.2) is 49.6 Å². The number of nitrogens with one attached hydrogen (secondary N) is 2. The minimum atomic E-state index is -0.792. The maximum absolute atomic E-state index is 14.5. The number of aromatic nitrogens is 1. The summed E-state index contributed by atoms with van der Waals surface area (Å²) in [7, 11) is 0. The zero-order valence-electron chi connectivity index (χ0n) is 24.8. The number of anilines is 1. The second-order valence-corrected chi connectivity index (χ2v) is 14.8. The maximum Gasteiger partial charge on any atom is 0.356 e. The zero-order chi connectivity index (χ0) is 33.2. The molecule has 14 heteroatoms. The average molecular weight is 726 g/mol. The number of benzene rings is 3. The zero-order valence-corrected chi connectivity index (χ0v) is 28.8. The number of rotatable bonds is 9. The second-order valence-electron chi connectivity index (χ2n) is 10.5. The summed E-state index contributed by atoms with van der Waals surface area (Å²) in [5, 5.41) is 4.75. The number of hydrogen-bond acceptors (Lipinski definition) is 9. The number of β-lactam (4-membered cyclic amide) rings is 1. The van der Waals surface area contributed by atoms with E-state index in [0.29, 0.717) is 25.6 Å². The summed E-state index contributed by atoms with van der Waals surface area (Å²) in [5.74, 6) is -1.71. The topological polar surface area (TPSA) is 118 Å². The van der Waals surface area contributed by atoms with E-state index in [1.807, 2.05) is 60.7 Å². The molecule has 3 heterocycles. The summed E-state index contributed by atoms with van der Waals surface area (Å²) in [6, 6.07) is 23.7. The molecule has 0 bridgehead atoms. The number of carbonyl (C=O) groups is 4. The summed E-state index contributed by atoms with van der Waals surface area (Å²) < 4.78 is 6.28. The van der Waals surface area contributed by atoms with Crippen LogP contribution in [0.5, 0.6) is 0 Å². The lowest BCUT2D eigenvalue weighted by molar-refractivity contribution is -0.151. The Labute approximate surface area is 293 Å². The summed E-state index contributed by atoms with van der Waals surface area (Å²) in [5.41, 5.74) is 1.83. The van der Waals surface area contributed by atoms with Gasteiger partial charge in [-0.15, -0.1) is 23.5 Å². The van der Waals surface area contributed by atoms with Crippen LogP contribution >= 0.6 is 58.1 Å². The van der Waals surface area contributed by atoms with Gasteiger partial charge in [0.25, 0.3) is 0 Å². The molecule has 3 aromatic carbocycles. The maximum atomic E-state index is 14.5. The van der Waals surface area contributed by atoms with Crippen LogP contribution in [0.2, 0.25) is 10.0 Å². The molecular formula is C33H26Cl2N4O5S3. The van der Waals surface area contributed by atoms with Crippen LogP contribution in [0, 0.1) is 0 Å². The average Bonchev–Trinajstić information content (AvgIpc) is 3.51. The number of amides is 3. The Morgan fingerprint density at radius 2 is 1.60 bits per heavy atom. The Balaban J connectivity index is 1.45. The van der Waals surface area contributed by atoms with E-state index in [-0.39, 0.29) is 23.4 Å². The van der Waals surface area contributed by atoms with Gasteiger partial charge in [-0.25, -0.2) is 9.78 Å². The molecule has 0 saturated carbocycles. The fourth-order valence-electron chi connectivity index (χ4n) is 5.17. The third-order valence-electron chi connectivity index (χ3n) is 7.19. The van der Waals surface area contributed by atoms with Gasteiger partial charge in [0, 0.05) is 30.5 Å². The number of thioether (sulfide) groups is 2. The number of nitrogens with zero attached hydrogens (tertiary/aromatic N) is 2. The molecule has 3 unspecified atom stereocenters. The van der Waals surface area contributed by atoms with Crippen molar-refractivity contribution in [3.63, 3.8) is 0 Å². The standard InChI is InChI=1S/C33H26Cl2N4O5S3/c1-17(40)37-29-25(24-16-36-33(46-24)38-18(2)41)26(32(43)44-27(19-9-5-3-6-10-19)20-11-7-4-8-12-20)39-30(42)28(31(39)47-29)45-21-13-14-22(34)23(35)15-21/h3-16,27-29,31H,1-2H3,(H,37,40)(H,36,38,41). The van der Waals surface area contributed by atoms with Gasteiger partial charge in [-0.3, -0.25) is 19.3 Å². The number of esters is 1. The first-order valence-corrected chi connectivity index (χ1v) is 17.7. The van der Waals surface area contributed by atoms with Crippen molar-refractivity contribution in [2.75, 3.05) is 5.32 Å². The molecule has 240 valence electrons. The van der Waals surface area contributed by atoms with Gasteiger partial charge in [0.05, 0.1) is 14.9 Å². The summed E-state index contributed by atoms with van der Waals surface area (Å²) in [4.78, 5) is 59.8. The lowest BCUT2D eigenvalue weighted by Crippen LogP contribution is -2.65. The minimum Gasteiger partial charge on any atom is -0.448 e. The molecule has 1 fully saturated rings. The normalized spacial score (nSPS) is 18.8. The molecule has 47 heavy (non-hydrogen) atoms. The number of hydrogen-bond donors (Lipinski definition) is 2. The van der Waals surface area contributed by atoms with Crippen molar-refractivity contribution >= 4 is 92.5 Å². The summed E-state index contributed by atoms with van der Waals surface area (Å²) in [6.45, 7) is 2.74. The Kier molecular flexibility index (Phi) is 9.95. The predicted octanol–water partition coefficient (Wildman–Crippen LogP) is 6.99. The van der Waals surface area contributed by atoms with Crippen molar-refractivity contribution in [1.82, 2.24) is 15.2 Å². The van der Waals surface area contributed by atoms with E-state index in [0.717, 1.165) is 27.4 Å². The predicted molar refractivity (Wildman–Crippen MR) is 186 cm³/mol. The van der Waals surface area contributed by atoms with E-state index in [4.69, 9.17) is 27.9 Å². The molecule has 2 aliphatic rings. The van der Waals surface area contributed by atoms with Gasteiger partial charge in [0.2, 0.25) is 17.7 Å². The molecule has 3 amide bonds. The van der Waals surface area contributed by atoms with Crippen molar-refractivity contribution in [2.45, 2.75) is 40.8 Å². The van der Waals surface area contributed by atoms with E-state index >= 15 is 0 Å². The van der Waals surface area contributed by atoms with Gasteiger partial charge in [-0.2, -0.15) is 0 Å². The second kappa shape index (κ2) is 14.1. The molecule has 2 aliphatic heterocycles. The fourth-order valence-corrected chi connectivity index (χ4v) is 9.46. The first-order chi connectivity index (χ1) is 22.6. The van der Waals surface area contributed by atoms with Crippen molar-refractivity contribution in [2.24, 2.45) is 0 Å². The summed E-state index contributed by atoms with van der Waals surface area (Å²) >= 11 is 16.1. The number of fused-ring (bicyclic) bond motifs is 1. The molecule has 3 atom stereocenters. The Hall–Kier alpha value is -3.81. The van der Waals surface area contributed by atoms with Crippen molar-refractivity contribution in [3.8, 4) is 0 Å². The number of ether oxygens (including phenoxy) is 1. The minimum absolute atomic E-state index is 0.00150. The van der Waals surface area contributed by atoms with Gasteiger partial charge in [0.15, 0.2) is 11.2 Å². The Bertz CT molecular complexity index is 1850. The van der Waals surface area contributed by atoms with Crippen LogP contribution in [0.3, 0.4) is 0 Å².